The van der Waals surface area contributed by atoms with Crippen LogP contribution in [-0.2, 0) is 20.8 Å². The third-order valence-corrected chi connectivity index (χ3v) is 7.37. The van der Waals surface area contributed by atoms with E-state index in [4.69, 9.17) is 0 Å². The first kappa shape index (κ1) is 27.2. The Morgan fingerprint density at radius 2 is 1.68 bits per heavy atom. The van der Waals surface area contributed by atoms with Crippen LogP contribution in [0.3, 0.4) is 0 Å². The molecule has 0 radical (unpaired) electrons. The Kier molecular flexibility index (Phi) is 8.38. The lowest BCUT2D eigenvalue weighted by Gasteiger charge is -2.47. The lowest BCUT2D eigenvalue weighted by molar-refractivity contribution is -0.170. The van der Waals surface area contributed by atoms with Crippen LogP contribution in [0.5, 0.6) is 0 Å². The van der Waals surface area contributed by atoms with Crippen molar-refractivity contribution in [3.8, 4) is 0 Å². The van der Waals surface area contributed by atoms with Gasteiger partial charge in [0.2, 0.25) is 11.8 Å². The molecule has 3 atom stereocenters. The van der Waals surface area contributed by atoms with Gasteiger partial charge in [-0.25, -0.2) is 15.0 Å². The second-order valence-electron chi connectivity index (χ2n) is 9.58. The van der Waals surface area contributed by atoms with Gasteiger partial charge in [0.25, 0.3) is 5.91 Å². The summed E-state index contributed by atoms with van der Waals surface area (Å²) in [4.78, 5) is 46.1. The van der Waals surface area contributed by atoms with Gasteiger partial charge >= 0.3 is 0 Å². The van der Waals surface area contributed by atoms with E-state index >= 15 is 0 Å². The molecular weight excluding hydrogens is 500 g/mol. The van der Waals surface area contributed by atoms with Gasteiger partial charge in [0.15, 0.2) is 0 Å². The number of thiazole rings is 1. The number of benzene rings is 2. The third-order valence-electron chi connectivity index (χ3n) is 6.52. The van der Waals surface area contributed by atoms with E-state index in [1.807, 2.05) is 74.5 Å². The van der Waals surface area contributed by atoms with Gasteiger partial charge in [-0.3, -0.25) is 14.4 Å². The Bertz CT molecular complexity index is 1290. The van der Waals surface area contributed by atoms with E-state index in [9.17, 15) is 19.5 Å². The number of aliphatic hydroxyl groups excluding tert-OH is 1. The lowest BCUT2D eigenvalue weighted by atomic mass is 9.96. The largest absolute Gasteiger partial charge is 0.384 e. The predicted molar refractivity (Wildman–Crippen MR) is 146 cm³/mol. The molecular formula is C29H32N4O4S. The summed E-state index contributed by atoms with van der Waals surface area (Å²) in [5.41, 5.74) is 1.92. The van der Waals surface area contributed by atoms with Crippen LogP contribution in [0.25, 0.3) is 5.70 Å². The fourth-order valence-electron chi connectivity index (χ4n) is 4.81. The van der Waals surface area contributed by atoms with Crippen molar-refractivity contribution in [1.82, 2.24) is 19.9 Å². The standard InChI is InChI=1S/C29H32N4O4S/c1-19(2)26-29(37)33(25(18-31(26)20(3)34)23-13-9-6-10-14-23)32(21(4)35)24(17-22-11-7-5-8-12-22)27(36)28-30-15-16-38-28/h5-16,18-19,24,26-27,36H,17H2,1-4H3/t24-,26?,27?/m0/s1. The second kappa shape index (κ2) is 11.7. The maximum absolute atomic E-state index is 14.3. The minimum Gasteiger partial charge on any atom is -0.384 e. The summed E-state index contributed by atoms with van der Waals surface area (Å²) in [6, 6.07) is 17.0. The number of nitrogens with zero attached hydrogens (tertiary/aromatic N) is 4. The minimum atomic E-state index is -1.16. The maximum Gasteiger partial charge on any atom is 0.269 e. The molecule has 2 unspecified atom stereocenters. The summed E-state index contributed by atoms with van der Waals surface area (Å²) >= 11 is 1.28. The van der Waals surface area contributed by atoms with Crippen LogP contribution >= 0.6 is 11.3 Å². The molecule has 0 saturated heterocycles. The molecule has 8 nitrogen and oxygen atoms in total. The first-order chi connectivity index (χ1) is 18.2. The predicted octanol–water partition coefficient (Wildman–Crippen LogP) is 4.27. The van der Waals surface area contributed by atoms with Crippen LogP contribution < -0.4 is 0 Å². The van der Waals surface area contributed by atoms with Crippen molar-refractivity contribution in [1.29, 1.82) is 0 Å². The van der Waals surface area contributed by atoms with E-state index in [1.165, 1.54) is 40.1 Å². The smallest absolute Gasteiger partial charge is 0.269 e. The number of aliphatic hydroxyl groups is 1. The Labute approximate surface area is 226 Å². The molecule has 0 saturated carbocycles. The number of hydrazine groups is 1. The second-order valence-corrected chi connectivity index (χ2v) is 10.5. The zero-order chi connectivity index (χ0) is 27.4. The summed E-state index contributed by atoms with van der Waals surface area (Å²) in [6.45, 7) is 6.53. The fraction of sp³-hybridized carbons (Fsp3) is 0.310. The minimum absolute atomic E-state index is 0.229. The van der Waals surface area contributed by atoms with E-state index in [2.05, 4.69) is 4.98 Å². The van der Waals surface area contributed by atoms with E-state index in [1.54, 1.807) is 17.8 Å². The molecule has 2 aromatic carbocycles. The van der Waals surface area contributed by atoms with Crippen molar-refractivity contribution in [2.45, 2.75) is 52.3 Å². The highest BCUT2D eigenvalue weighted by Crippen LogP contribution is 2.35. The van der Waals surface area contributed by atoms with E-state index in [0.717, 1.165) is 5.56 Å². The number of hydrogen-bond donors (Lipinski definition) is 1. The van der Waals surface area contributed by atoms with Crippen molar-refractivity contribution >= 4 is 34.8 Å². The number of hydrogen-bond acceptors (Lipinski definition) is 6. The number of carbonyl (C=O) groups excluding carboxylic acids is 3. The van der Waals surface area contributed by atoms with Crippen molar-refractivity contribution in [3.63, 3.8) is 0 Å². The van der Waals surface area contributed by atoms with E-state index in [0.29, 0.717) is 16.3 Å². The molecule has 0 fully saturated rings. The molecule has 1 aliphatic rings. The molecule has 0 bridgehead atoms. The van der Waals surface area contributed by atoms with Crippen LogP contribution in [0.4, 0.5) is 0 Å². The molecule has 2 heterocycles. The monoisotopic (exact) mass is 532 g/mol. The van der Waals surface area contributed by atoms with Crippen molar-refractivity contribution in [3.05, 3.63) is 94.6 Å². The number of aromatic nitrogens is 1. The topological polar surface area (TPSA) is 94.1 Å². The van der Waals surface area contributed by atoms with Crippen LogP contribution in [0, 0.1) is 5.92 Å². The average Bonchev–Trinajstić information content (AvgIpc) is 3.44. The number of rotatable bonds is 8. The van der Waals surface area contributed by atoms with Crippen molar-refractivity contribution in [2.75, 3.05) is 0 Å². The van der Waals surface area contributed by atoms with E-state index in [-0.39, 0.29) is 18.2 Å². The highest BCUT2D eigenvalue weighted by molar-refractivity contribution is 7.09. The Hall–Kier alpha value is -3.82. The van der Waals surface area contributed by atoms with Crippen LogP contribution in [0.1, 0.15) is 49.9 Å². The van der Waals surface area contributed by atoms with Gasteiger partial charge in [-0.2, -0.15) is 0 Å². The molecule has 3 amide bonds. The molecule has 198 valence electrons. The average molecular weight is 533 g/mol. The Morgan fingerprint density at radius 3 is 2.21 bits per heavy atom. The molecule has 1 N–H and O–H groups in total. The summed E-state index contributed by atoms with van der Waals surface area (Å²) in [5, 5.41) is 16.5. The number of carbonyl (C=O) groups is 3. The normalized spacial score (nSPS) is 17.3. The first-order valence-corrected chi connectivity index (χ1v) is 13.4. The summed E-state index contributed by atoms with van der Waals surface area (Å²) < 4.78 is 0. The van der Waals surface area contributed by atoms with Crippen LogP contribution in [0.15, 0.2) is 78.4 Å². The van der Waals surface area contributed by atoms with Gasteiger partial charge in [-0.05, 0) is 17.9 Å². The van der Waals surface area contributed by atoms with Gasteiger partial charge in [-0.15, -0.1) is 11.3 Å². The highest BCUT2D eigenvalue weighted by Gasteiger charge is 2.46. The molecule has 9 heteroatoms. The maximum atomic E-state index is 14.3. The molecule has 4 rings (SSSR count). The molecule has 1 aromatic heterocycles. The van der Waals surface area contributed by atoms with Gasteiger partial charge in [0.1, 0.15) is 17.2 Å². The SMILES string of the molecule is CC(=O)N1C=C(c2ccccc2)N(N(C(C)=O)[C@@H](Cc2ccccc2)C(O)c2nccs2)C(=O)C1C(C)C. The summed E-state index contributed by atoms with van der Waals surface area (Å²) in [5.74, 6) is -1.34. The Morgan fingerprint density at radius 1 is 1.05 bits per heavy atom. The number of amides is 3. The third kappa shape index (κ3) is 5.54. The molecule has 3 aromatic rings. The zero-order valence-corrected chi connectivity index (χ0v) is 22.7. The van der Waals surface area contributed by atoms with Gasteiger partial charge in [-0.1, -0.05) is 74.5 Å². The van der Waals surface area contributed by atoms with Crippen molar-refractivity contribution < 1.29 is 19.5 Å². The molecule has 38 heavy (non-hydrogen) atoms. The lowest BCUT2D eigenvalue weighted by Crippen LogP contribution is -2.63. The van der Waals surface area contributed by atoms with Gasteiger partial charge < -0.3 is 10.0 Å². The van der Waals surface area contributed by atoms with Crippen molar-refractivity contribution in [2.24, 2.45) is 5.92 Å². The van der Waals surface area contributed by atoms with Crippen LogP contribution in [-0.4, -0.2) is 54.8 Å². The zero-order valence-electron chi connectivity index (χ0n) is 21.9. The summed E-state index contributed by atoms with van der Waals surface area (Å²) in [7, 11) is 0. The molecule has 0 spiro atoms. The molecule has 1 aliphatic heterocycles. The van der Waals surface area contributed by atoms with E-state index < -0.39 is 30.0 Å². The Balaban J connectivity index is 1.91. The quantitative estimate of drug-likeness (QED) is 0.468. The fourth-order valence-corrected chi connectivity index (χ4v) is 5.49. The highest BCUT2D eigenvalue weighted by atomic mass is 32.1. The summed E-state index contributed by atoms with van der Waals surface area (Å²) in [6.07, 6.45) is 2.35. The van der Waals surface area contributed by atoms with Gasteiger partial charge in [0.05, 0.1) is 11.7 Å². The molecule has 0 aliphatic carbocycles. The van der Waals surface area contributed by atoms with Crippen LogP contribution in [0.2, 0.25) is 0 Å². The van der Waals surface area contributed by atoms with Gasteiger partial charge in [0, 0.05) is 37.2 Å². The first-order valence-electron chi connectivity index (χ1n) is 12.5.